The molecule has 3 atom stereocenters. The first-order valence-electron chi connectivity index (χ1n) is 13.3. The topological polar surface area (TPSA) is 51.2 Å². The third kappa shape index (κ3) is 3.64. The monoisotopic (exact) mass is 474 g/mol. The van der Waals surface area contributed by atoms with E-state index >= 15 is 0 Å². The Morgan fingerprint density at radius 1 is 1.03 bits per heavy atom. The van der Waals surface area contributed by atoms with Crippen molar-refractivity contribution in [1.29, 1.82) is 0 Å². The molecule has 3 heteroatoms. The number of ketones is 3. The average molecular weight is 475 g/mol. The molecule has 3 nitrogen and oxygen atoms in total. The fraction of sp³-hybridized carbons (Fsp3) is 0.594. The van der Waals surface area contributed by atoms with E-state index in [1.165, 1.54) is 24.5 Å². The molecule has 35 heavy (non-hydrogen) atoms. The SMILES string of the molecule is CC(=O)C1=C(C)C[C@@]2(C)C[C@@]3(C)Cc4c(CCCC(C)C)ccc(C)c4C(=O)C3=C(C)[C@@]2(C)C1=O. The van der Waals surface area contributed by atoms with E-state index in [0.29, 0.717) is 17.9 Å². The number of carbonyl (C=O) groups is 3. The Morgan fingerprint density at radius 3 is 2.29 bits per heavy atom. The van der Waals surface area contributed by atoms with Crippen LogP contribution in [0.2, 0.25) is 0 Å². The van der Waals surface area contributed by atoms with Crippen molar-refractivity contribution in [1.82, 2.24) is 0 Å². The van der Waals surface area contributed by atoms with E-state index in [-0.39, 0.29) is 28.2 Å². The van der Waals surface area contributed by atoms with Crippen molar-refractivity contribution in [3.8, 4) is 0 Å². The van der Waals surface area contributed by atoms with Crippen LogP contribution in [0.1, 0.15) is 108 Å². The normalized spacial score (nSPS) is 30.5. The van der Waals surface area contributed by atoms with Gasteiger partial charge in [0.1, 0.15) is 0 Å². The highest BCUT2D eigenvalue weighted by Crippen LogP contribution is 2.66. The van der Waals surface area contributed by atoms with Crippen LogP contribution in [0.25, 0.3) is 0 Å². The number of allylic oxidation sites excluding steroid dienone is 4. The molecular weight excluding hydrogens is 432 g/mol. The minimum absolute atomic E-state index is 0.0962. The Kier molecular flexibility index (Phi) is 6.18. The molecule has 0 fully saturated rings. The maximum Gasteiger partial charge on any atom is 0.190 e. The van der Waals surface area contributed by atoms with Crippen molar-refractivity contribution in [2.75, 3.05) is 0 Å². The lowest BCUT2D eigenvalue weighted by Crippen LogP contribution is -2.57. The zero-order valence-electron chi connectivity index (χ0n) is 23.2. The van der Waals surface area contributed by atoms with Crippen LogP contribution >= 0.6 is 0 Å². The van der Waals surface area contributed by atoms with E-state index in [2.05, 4.69) is 39.8 Å². The van der Waals surface area contributed by atoms with Crippen molar-refractivity contribution in [2.45, 2.75) is 101 Å². The van der Waals surface area contributed by atoms with E-state index in [0.717, 1.165) is 53.5 Å². The molecule has 0 N–H and O–H groups in total. The van der Waals surface area contributed by atoms with Crippen LogP contribution in [0.4, 0.5) is 0 Å². The summed E-state index contributed by atoms with van der Waals surface area (Å²) in [6, 6.07) is 4.33. The Bertz CT molecular complexity index is 1210. The number of hydrogen-bond acceptors (Lipinski definition) is 3. The quantitative estimate of drug-likeness (QED) is 0.420. The Morgan fingerprint density at radius 2 is 1.69 bits per heavy atom. The summed E-state index contributed by atoms with van der Waals surface area (Å²) in [7, 11) is 0. The van der Waals surface area contributed by atoms with Crippen LogP contribution in [0, 0.1) is 29.1 Å². The third-order valence-corrected chi connectivity index (χ3v) is 9.70. The first kappa shape index (κ1) is 25.8. The summed E-state index contributed by atoms with van der Waals surface area (Å²) < 4.78 is 0. The highest BCUT2D eigenvalue weighted by molar-refractivity contribution is 6.24. The lowest BCUT2D eigenvalue weighted by atomic mass is 9.42. The summed E-state index contributed by atoms with van der Waals surface area (Å²) in [6.07, 6.45) is 5.62. The number of fused-ring (bicyclic) bond motifs is 3. The van der Waals surface area contributed by atoms with Gasteiger partial charge in [0.05, 0.1) is 11.0 Å². The highest BCUT2D eigenvalue weighted by atomic mass is 16.2. The van der Waals surface area contributed by atoms with Gasteiger partial charge < -0.3 is 0 Å². The molecule has 0 bridgehead atoms. The number of aryl methyl sites for hydroxylation is 2. The largest absolute Gasteiger partial charge is 0.294 e. The van der Waals surface area contributed by atoms with Crippen molar-refractivity contribution in [3.05, 3.63) is 56.7 Å². The van der Waals surface area contributed by atoms with Crippen LogP contribution in [-0.2, 0) is 22.4 Å². The van der Waals surface area contributed by atoms with E-state index in [1.807, 2.05) is 27.7 Å². The second-order valence-corrected chi connectivity index (χ2v) is 12.8. The lowest BCUT2D eigenvalue weighted by molar-refractivity contribution is -0.134. The van der Waals surface area contributed by atoms with Gasteiger partial charge in [-0.1, -0.05) is 57.4 Å². The molecular formula is C32H42O3. The maximum atomic E-state index is 14.3. The van der Waals surface area contributed by atoms with Gasteiger partial charge in [0.2, 0.25) is 0 Å². The van der Waals surface area contributed by atoms with E-state index < -0.39 is 5.41 Å². The number of hydrogen-bond donors (Lipinski definition) is 0. The molecule has 0 unspecified atom stereocenters. The number of Topliss-reactive ketones (excluding diaryl/α,β-unsaturated/α-hetero) is 3. The molecule has 0 amide bonds. The standard InChI is InChI=1S/C32H42O3/c1-18(2)11-10-12-23-14-13-19(3)26-24(23)16-30(7)17-31(8)15-20(4)25(22(6)33)29(35)32(31,9)21(5)27(30)28(26)34/h13-14,18H,10-12,15-17H2,1-9H3/t30-,31+,32+/m1/s1. The van der Waals surface area contributed by atoms with Crippen LogP contribution in [0.15, 0.2) is 34.4 Å². The molecule has 0 radical (unpaired) electrons. The van der Waals surface area contributed by atoms with E-state index in [9.17, 15) is 14.4 Å². The summed E-state index contributed by atoms with van der Waals surface area (Å²) in [5.74, 6) is 0.509. The van der Waals surface area contributed by atoms with Crippen molar-refractivity contribution < 1.29 is 14.4 Å². The van der Waals surface area contributed by atoms with Gasteiger partial charge >= 0.3 is 0 Å². The third-order valence-electron chi connectivity index (χ3n) is 9.70. The molecule has 4 rings (SSSR count). The van der Waals surface area contributed by atoms with Crippen molar-refractivity contribution in [3.63, 3.8) is 0 Å². The smallest absolute Gasteiger partial charge is 0.190 e. The number of benzene rings is 1. The second kappa shape index (κ2) is 8.39. The van der Waals surface area contributed by atoms with E-state index in [4.69, 9.17) is 0 Å². The first-order chi connectivity index (χ1) is 16.2. The second-order valence-electron chi connectivity index (χ2n) is 12.8. The highest BCUT2D eigenvalue weighted by Gasteiger charge is 2.63. The molecule has 0 saturated heterocycles. The molecule has 3 aliphatic carbocycles. The molecule has 1 aromatic rings. The van der Waals surface area contributed by atoms with Crippen LogP contribution in [-0.4, -0.2) is 17.3 Å². The van der Waals surface area contributed by atoms with Gasteiger partial charge in [0.15, 0.2) is 17.3 Å². The molecule has 0 saturated carbocycles. The summed E-state index contributed by atoms with van der Waals surface area (Å²) in [5, 5.41) is 0. The van der Waals surface area contributed by atoms with E-state index in [1.54, 1.807) is 0 Å². The fourth-order valence-corrected chi connectivity index (χ4v) is 7.91. The molecule has 188 valence electrons. The average Bonchev–Trinajstić information content (AvgIpc) is 2.71. The van der Waals surface area contributed by atoms with Crippen molar-refractivity contribution >= 4 is 17.3 Å². The van der Waals surface area contributed by atoms with Crippen LogP contribution in [0.5, 0.6) is 0 Å². The fourth-order valence-electron chi connectivity index (χ4n) is 7.91. The zero-order chi connectivity index (χ0) is 26.1. The molecule has 0 heterocycles. The Hall–Kier alpha value is -2.29. The predicted molar refractivity (Wildman–Crippen MR) is 142 cm³/mol. The van der Waals surface area contributed by atoms with Gasteiger partial charge in [-0.15, -0.1) is 0 Å². The minimum Gasteiger partial charge on any atom is -0.294 e. The van der Waals surface area contributed by atoms with Crippen LogP contribution < -0.4 is 0 Å². The maximum absolute atomic E-state index is 14.3. The molecule has 0 spiro atoms. The zero-order valence-corrected chi connectivity index (χ0v) is 23.2. The van der Waals surface area contributed by atoms with Gasteiger partial charge in [-0.05, 0) is 94.7 Å². The van der Waals surface area contributed by atoms with Gasteiger partial charge in [-0.25, -0.2) is 0 Å². The molecule has 1 aromatic carbocycles. The summed E-state index contributed by atoms with van der Waals surface area (Å²) in [5.41, 5.74) is 5.85. The predicted octanol–water partition coefficient (Wildman–Crippen LogP) is 7.33. The minimum atomic E-state index is -0.849. The van der Waals surface area contributed by atoms with Crippen molar-refractivity contribution in [2.24, 2.45) is 22.2 Å². The Balaban J connectivity index is 1.90. The van der Waals surface area contributed by atoms with Gasteiger partial charge in [-0.3, -0.25) is 14.4 Å². The van der Waals surface area contributed by atoms with Crippen LogP contribution in [0.3, 0.4) is 0 Å². The molecule has 0 aliphatic heterocycles. The number of rotatable bonds is 5. The number of carbonyl (C=O) groups excluding carboxylic acids is 3. The summed E-state index contributed by atoms with van der Waals surface area (Å²) in [6.45, 7) is 18.4. The molecule has 0 aromatic heterocycles. The first-order valence-corrected chi connectivity index (χ1v) is 13.3. The van der Waals surface area contributed by atoms with Gasteiger partial charge in [0.25, 0.3) is 0 Å². The van der Waals surface area contributed by atoms with Gasteiger partial charge in [0, 0.05) is 16.6 Å². The summed E-state index contributed by atoms with van der Waals surface area (Å²) >= 11 is 0. The summed E-state index contributed by atoms with van der Waals surface area (Å²) in [4.78, 5) is 40.7. The Labute approximate surface area is 211 Å². The molecule has 3 aliphatic rings. The lowest BCUT2D eigenvalue weighted by Gasteiger charge is -2.59. The van der Waals surface area contributed by atoms with Gasteiger partial charge in [-0.2, -0.15) is 0 Å².